The molecule has 1 heterocycles. The van der Waals surface area contributed by atoms with Crippen molar-refractivity contribution in [1.82, 2.24) is 4.90 Å². The summed E-state index contributed by atoms with van der Waals surface area (Å²) in [5, 5.41) is 9.17. The number of alkyl halides is 1. The van der Waals surface area contributed by atoms with Gasteiger partial charge in [0.1, 0.15) is 11.4 Å². The van der Waals surface area contributed by atoms with Crippen LogP contribution in [0.15, 0.2) is 42.5 Å². The van der Waals surface area contributed by atoms with Crippen LogP contribution in [0.1, 0.15) is 42.0 Å². The fourth-order valence-electron chi connectivity index (χ4n) is 3.65. The Morgan fingerprint density at radius 2 is 2.10 bits per heavy atom. The number of ether oxygens (including phenoxy) is 2. The smallest absolute Gasteiger partial charge is 0.410 e. The second kappa shape index (κ2) is 8.81. The Hall–Kier alpha value is -2.62. The van der Waals surface area contributed by atoms with E-state index in [9.17, 15) is 14.4 Å². The summed E-state index contributed by atoms with van der Waals surface area (Å²) in [7, 11) is 1.65. The van der Waals surface area contributed by atoms with Crippen LogP contribution in [0, 0.1) is 17.1 Å². The molecule has 1 aliphatic heterocycles. The van der Waals surface area contributed by atoms with Crippen molar-refractivity contribution in [1.29, 1.82) is 5.26 Å². The maximum absolute atomic E-state index is 13.5. The van der Waals surface area contributed by atoms with Crippen LogP contribution in [0.4, 0.5) is 9.18 Å². The Morgan fingerprint density at radius 1 is 1.38 bits per heavy atom. The number of fused-ring (bicyclic) bond motifs is 1. The molecule has 5 nitrogen and oxygen atoms in total. The van der Waals surface area contributed by atoms with Crippen LogP contribution < -0.4 is 0 Å². The van der Waals surface area contributed by atoms with Crippen LogP contribution in [0.5, 0.6) is 0 Å². The lowest BCUT2D eigenvalue weighted by Gasteiger charge is -2.31. The molecule has 7 heteroatoms. The lowest BCUT2D eigenvalue weighted by molar-refractivity contribution is -0.0143. The van der Waals surface area contributed by atoms with Gasteiger partial charge in [0.15, 0.2) is 5.56 Å². The number of nitriles is 1. The quantitative estimate of drug-likeness (QED) is 0.628. The first kappa shape index (κ1) is 21.1. The van der Waals surface area contributed by atoms with Gasteiger partial charge in [0.2, 0.25) is 0 Å². The van der Waals surface area contributed by atoms with Gasteiger partial charge >= 0.3 is 6.09 Å². The molecule has 0 aromatic heterocycles. The normalized spacial score (nSPS) is 18.6. The molecular weight excluding hydrogens is 395 g/mol. The van der Waals surface area contributed by atoms with Crippen molar-refractivity contribution in [3.63, 3.8) is 0 Å². The summed E-state index contributed by atoms with van der Waals surface area (Å²) < 4.78 is 24.7. The molecule has 2 aromatic rings. The molecule has 2 atom stereocenters. The van der Waals surface area contributed by atoms with E-state index in [4.69, 9.17) is 21.1 Å². The average molecular weight is 417 g/mol. The molecule has 0 aliphatic carbocycles. The Balaban J connectivity index is 1.84. The maximum atomic E-state index is 13.5. The number of hydrogen-bond donors (Lipinski definition) is 0. The van der Waals surface area contributed by atoms with Crippen molar-refractivity contribution in [3.05, 3.63) is 70.5 Å². The van der Waals surface area contributed by atoms with E-state index in [0.717, 1.165) is 16.7 Å². The zero-order valence-electron chi connectivity index (χ0n) is 16.3. The van der Waals surface area contributed by atoms with Gasteiger partial charge in [-0.25, -0.2) is 9.18 Å². The van der Waals surface area contributed by atoms with Gasteiger partial charge < -0.3 is 14.4 Å². The molecule has 1 aliphatic rings. The Labute approximate surface area is 174 Å². The summed E-state index contributed by atoms with van der Waals surface area (Å²) in [6.07, 6.45) is 0.708. The highest BCUT2D eigenvalue weighted by atomic mass is 35.5. The van der Waals surface area contributed by atoms with Crippen LogP contribution in [0.2, 0.25) is 0 Å². The number of hydrogen-bond acceptors (Lipinski definition) is 4. The summed E-state index contributed by atoms with van der Waals surface area (Å²) in [5.74, 6) is -0.320. The third-order valence-corrected chi connectivity index (χ3v) is 5.14. The van der Waals surface area contributed by atoms with Crippen molar-refractivity contribution in [2.45, 2.75) is 37.5 Å². The molecule has 1 amide bonds. The van der Waals surface area contributed by atoms with Crippen molar-refractivity contribution >= 4 is 17.7 Å². The van der Waals surface area contributed by atoms with E-state index in [1.807, 2.05) is 12.1 Å². The fraction of sp³-hybridized carbons (Fsp3) is 0.364. The summed E-state index contributed by atoms with van der Waals surface area (Å²) in [4.78, 5) is 13.4. The van der Waals surface area contributed by atoms with Gasteiger partial charge in [-0.05, 0) is 60.7 Å². The minimum Gasteiger partial charge on any atom is -0.430 e. The van der Waals surface area contributed by atoms with E-state index in [1.165, 1.54) is 17.0 Å². The number of amides is 1. The lowest BCUT2D eigenvalue weighted by atomic mass is 9.81. The Bertz CT molecular complexity index is 927. The molecule has 29 heavy (non-hydrogen) atoms. The summed E-state index contributed by atoms with van der Waals surface area (Å²) in [5.41, 5.74) is 1.85. The summed E-state index contributed by atoms with van der Waals surface area (Å²) >= 11 is 5.71. The SMILES string of the molecule is CC(Cl)OC(=O)N(C)CCC[C@@]1(c2ccc(F)cc2)OCc2cc(C#N)ccc21. The van der Waals surface area contributed by atoms with Crippen molar-refractivity contribution in [3.8, 4) is 6.07 Å². The highest BCUT2D eigenvalue weighted by molar-refractivity contribution is 6.19. The predicted molar refractivity (Wildman–Crippen MR) is 107 cm³/mol. The first-order valence-electron chi connectivity index (χ1n) is 9.35. The van der Waals surface area contributed by atoms with Crippen LogP contribution in [0.25, 0.3) is 0 Å². The van der Waals surface area contributed by atoms with Crippen molar-refractivity contribution in [2.24, 2.45) is 0 Å². The molecular formula is C22H22ClFN2O3. The van der Waals surface area contributed by atoms with Gasteiger partial charge in [0.25, 0.3) is 0 Å². The molecule has 0 radical (unpaired) electrons. The van der Waals surface area contributed by atoms with Gasteiger partial charge in [-0.2, -0.15) is 5.26 Å². The van der Waals surface area contributed by atoms with Crippen molar-refractivity contribution in [2.75, 3.05) is 13.6 Å². The minimum atomic E-state index is -0.762. The molecule has 0 bridgehead atoms. The third kappa shape index (κ3) is 4.52. The lowest BCUT2D eigenvalue weighted by Crippen LogP contribution is -2.32. The molecule has 1 unspecified atom stereocenters. The summed E-state index contributed by atoms with van der Waals surface area (Å²) in [6, 6.07) is 13.9. The van der Waals surface area contributed by atoms with E-state index in [1.54, 1.807) is 32.2 Å². The Morgan fingerprint density at radius 3 is 2.76 bits per heavy atom. The number of carbonyl (C=O) groups excluding carboxylic acids is 1. The fourth-order valence-corrected chi connectivity index (χ4v) is 3.73. The van der Waals surface area contributed by atoms with Gasteiger partial charge in [0.05, 0.1) is 18.2 Å². The average Bonchev–Trinajstić information content (AvgIpc) is 3.06. The second-order valence-corrected chi connectivity index (χ2v) is 7.67. The number of benzene rings is 2. The monoisotopic (exact) mass is 416 g/mol. The number of carbonyl (C=O) groups is 1. The number of nitrogens with zero attached hydrogens (tertiary/aromatic N) is 2. The van der Waals surface area contributed by atoms with Crippen LogP contribution in [-0.2, 0) is 21.7 Å². The molecule has 2 aromatic carbocycles. The minimum absolute atomic E-state index is 0.320. The Kier molecular flexibility index (Phi) is 6.41. The van der Waals surface area contributed by atoms with Crippen LogP contribution >= 0.6 is 11.6 Å². The topological polar surface area (TPSA) is 62.6 Å². The van der Waals surface area contributed by atoms with E-state index in [0.29, 0.717) is 31.6 Å². The van der Waals surface area contributed by atoms with Gasteiger partial charge in [0, 0.05) is 13.6 Å². The highest BCUT2D eigenvalue weighted by Crippen LogP contribution is 2.45. The number of rotatable bonds is 6. The highest BCUT2D eigenvalue weighted by Gasteiger charge is 2.41. The van der Waals surface area contributed by atoms with Crippen LogP contribution in [-0.4, -0.2) is 30.1 Å². The van der Waals surface area contributed by atoms with Gasteiger partial charge in [-0.1, -0.05) is 29.8 Å². The molecule has 152 valence electrons. The second-order valence-electron chi connectivity index (χ2n) is 7.06. The van der Waals surface area contributed by atoms with E-state index in [-0.39, 0.29) is 5.82 Å². The zero-order valence-corrected chi connectivity index (χ0v) is 17.1. The van der Waals surface area contributed by atoms with Gasteiger partial charge in [-0.3, -0.25) is 0 Å². The largest absolute Gasteiger partial charge is 0.430 e. The van der Waals surface area contributed by atoms with E-state index >= 15 is 0 Å². The summed E-state index contributed by atoms with van der Waals surface area (Å²) in [6.45, 7) is 2.39. The zero-order chi connectivity index (χ0) is 21.0. The number of halogens is 2. The molecule has 0 fully saturated rings. The van der Waals surface area contributed by atoms with Crippen LogP contribution in [0.3, 0.4) is 0 Å². The molecule has 0 saturated heterocycles. The molecule has 0 saturated carbocycles. The first-order valence-corrected chi connectivity index (χ1v) is 9.78. The van der Waals surface area contributed by atoms with Gasteiger partial charge in [-0.15, -0.1) is 0 Å². The third-order valence-electron chi connectivity index (χ3n) is 5.05. The standard InChI is InChI=1S/C22H22ClFN2O3/c1-15(23)29-21(27)26(2)11-3-10-22(18-5-7-19(24)8-6-18)20-9-4-16(13-25)12-17(20)14-28-22/h4-9,12,15H,3,10-11,14H2,1-2H3/t15?,22-/m0/s1. The van der Waals surface area contributed by atoms with E-state index < -0.39 is 17.3 Å². The first-order chi connectivity index (χ1) is 13.9. The van der Waals surface area contributed by atoms with Crippen molar-refractivity contribution < 1.29 is 18.7 Å². The maximum Gasteiger partial charge on any atom is 0.410 e. The predicted octanol–water partition coefficient (Wildman–Crippen LogP) is 4.90. The van der Waals surface area contributed by atoms with E-state index in [2.05, 4.69) is 6.07 Å². The molecule has 0 spiro atoms. The molecule has 3 rings (SSSR count). The molecule has 0 N–H and O–H groups in total.